The molecule has 0 saturated carbocycles. The summed E-state index contributed by atoms with van der Waals surface area (Å²) >= 11 is 0. The molecule has 1 heterocycles. The molecule has 17 heavy (non-hydrogen) atoms. The smallest absolute Gasteiger partial charge is 0.410 e. The molecule has 5 nitrogen and oxygen atoms in total. The van der Waals surface area contributed by atoms with Gasteiger partial charge in [0.25, 0.3) is 0 Å². The average Bonchev–Trinajstić information content (AvgIpc) is 2.18. The predicted octanol–water partition coefficient (Wildman–Crippen LogP) is 1.23. The van der Waals surface area contributed by atoms with E-state index in [1.807, 2.05) is 27.7 Å². The molecule has 5 heteroatoms. The molecule has 2 atom stereocenters. The molecule has 0 aromatic rings. The molecule has 0 spiro atoms. The number of piperazine rings is 1. The number of ether oxygens (including phenoxy) is 2. The largest absolute Gasteiger partial charge is 0.444 e. The van der Waals surface area contributed by atoms with Crippen molar-refractivity contribution in [1.29, 1.82) is 0 Å². The summed E-state index contributed by atoms with van der Waals surface area (Å²) in [6, 6.07) is 0.335. The van der Waals surface area contributed by atoms with Crippen LogP contribution in [0, 0.1) is 0 Å². The zero-order valence-electron chi connectivity index (χ0n) is 11.4. The topological polar surface area (TPSA) is 50.8 Å². The second-order valence-corrected chi connectivity index (χ2v) is 5.54. The lowest BCUT2D eigenvalue weighted by Gasteiger charge is -2.39. The standard InChI is InChI=1S/C12H24N2O3/c1-9-6-13-10(8-16-5)7-14(9)11(15)17-12(2,3)4/h9-10,13H,6-8H2,1-5H3/t9-,10-/m0/s1. The first kappa shape index (κ1) is 14.3. The summed E-state index contributed by atoms with van der Waals surface area (Å²) in [5, 5.41) is 3.34. The number of nitrogens with zero attached hydrogens (tertiary/aromatic N) is 1. The highest BCUT2D eigenvalue weighted by Gasteiger charge is 2.31. The fraction of sp³-hybridized carbons (Fsp3) is 0.917. The van der Waals surface area contributed by atoms with Crippen molar-refractivity contribution in [2.45, 2.75) is 45.4 Å². The molecule has 0 aromatic heterocycles. The van der Waals surface area contributed by atoms with Crippen molar-refractivity contribution in [3.63, 3.8) is 0 Å². The lowest BCUT2D eigenvalue weighted by Crippen LogP contribution is -2.59. The minimum Gasteiger partial charge on any atom is -0.444 e. The first-order chi connectivity index (χ1) is 7.83. The van der Waals surface area contributed by atoms with E-state index in [0.717, 1.165) is 6.54 Å². The Morgan fingerprint density at radius 1 is 1.47 bits per heavy atom. The van der Waals surface area contributed by atoms with Crippen molar-refractivity contribution in [3.05, 3.63) is 0 Å². The number of hydrogen-bond acceptors (Lipinski definition) is 4. The number of rotatable bonds is 2. The van der Waals surface area contributed by atoms with E-state index in [9.17, 15) is 4.79 Å². The van der Waals surface area contributed by atoms with Gasteiger partial charge >= 0.3 is 6.09 Å². The van der Waals surface area contributed by atoms with E-state index in [-0.39, 0.29) is 18.2 Å². The molecule has 100 valence electrons. The molecule has 0 aliphatic carbocycles. The van der Waals surface area contributed by atoms with Crippen LogP contribution in [-0.2, 0) is 9.47 Å². The van der Waals surface area contributed by atoms with E-state index in [1.54, 1.807) is 12.0 Å². The minimum atomic E-state index is -0.446. The third kappa shape index (κ3) is 4.52. The number of methoxy groups -OCH3 is 1. The van der Waals surface area contributed by atoms with Crippen LogP contribution in [0.3, 0.4) is 0 Å². The summed E-state index contributed by atoms with van der Waals surface area (Å²) in [6.07, 6.45) is -0.243. The maximum atomic E-state index is 12.0. The van der Waals surface area contributed by atoms with Crippen LogP contribution < -0.4 is 5.32 Å². The highest BCUT2D eigenvalue weighted by Crippen LogP contribution is 2.14. The highest BCUT2D eigenvalue weighted by molar-refractivity contribution is 5.68. The Bertz CT molecular complexity index is 263. The van der Waals surface area contributed by atoms with E-state index in [4.69, 9.17) is 9.47 Å². The summed E-state index contributed by atoms with van der Waals surface area (Å²) in [5.74, 6) is 0. The summed E-state index contributed by atoms with van der Waals surface area (Å²) < 4.78 is 10.5. The second kappa shape index (κ2) is 5.69. The van der Waals surface area contributed by atoms with Crippen molar-refractivity contribution in [2.24, 2.45) is 0 Å². The molecule has 0 radical (unpaired) electrons. The molecule has 1 rings (SSSR count). The van der Waals surface area contributed by atoms with Crippen molar-refractivity contribution in [1.82, 2.24) is 10.2 Å². The number of hydrogen-bond donors (Lipinski definition) is 1. The van der Waals surface area contributed by atoms with Crippen LogP contribution >= 0.6 is 0 Å². The molecule has 1 amide bonds. The van der Waals surface area contributed by atoms with E-state index < -0.39 is 5.60 Å². The van der Waals surface area contributed by atoms with Crippen LogP contribution in [-0.4, -0.2) is 55.5 Å². The fourth-order valence-electron chi connectivity index (χ4n) is 1.82. The summed E-state index contributed by atoms with van der Waals surface area (Å²) in [7, 11) is 1.66. The molecule has 1 aliphatic heterocycles. The molecule has 0 aromatic carbocycles. The van der Waals surface area contributed by atoms with Gasteiger partial charge in [0, 0.05) is 32.3 Å². The third-order valence-electron chi connectivity index (χ3n) is 2.65. The maximum absolute atomic E-state index is 12.0. The fourth-order valence-corrected chi connectivity index (χ4v) is 1.82. The molecule has 1 fully saturated rings. The van der Waals surface area contributed by atoms with Gasteiger partial charge in [-0.15, -0.1) is 0 Å². The molecular formula is C12H24N2O3. The van der Waals surface area contributed by atoms with Crippen LogP contribution in [0.15, 0.2) is 0 Å². The minimum absolute atomic E-state index is 0.151. The van der Waals surface area contributed by atoms with Crippen molar-refractivity contribution in [3.8, 4) is 0 Å². The molecule has 1 saturated heterocycles. The Balaban J connectivity index is 2.57. The van der Waals surface area contributed by atoms with Gasteiger partial charge in [0.1, 0.15) is 5.60 Å². The third-order valence-corrected chi connectivity index (χ3v) is 2.65. The zero-order valence-corrected chi connectivity index (χ0v) is 11.4. The molecule has 0 bridgehead atoms. The van der Waals surface area contributed by atoms with Gasteiger partial charge in [0.05, 0.1) is 6.61 Å². The van der Waals surface area contributed by atoms with Gasteiger partial charge < -0.3 is 19.7 Å². The van der Waals surface area contributed by atoms with Crippen LogP contribution in [0.2, 0.25) is 0 Å². The SMILES string of the molecule is COC[C@@H]1CN(C(=O)OC(C)(C)C)[C@@H](C)CN1. The van der Waals surface area contributed by atoms with Gasteiger partial charge in [-0.2, -0.15) is 0 Å². The lowest BCUT2D eigenvalue weighted by molar-refractivity contribution is 0.00518. The van der Waals surface area contributed by atoms with E-state index in [0.29, 0.717) is 13.2 Å². The van der Waals surface area contributed by atoms with Crippen molar-refractivity contribution >= 4 is 6.09 Å². The normalized spacial score (nSPS) is 25.8. The average molecular weight is 244 g/mol. The van der Waals surface area contributed by atoms with Crippen LogP contribution in [0.4, 0.5) is 4.79 Å². The Labute approximate surface area is 103 Å². The lowest BCUT2D eigenvalue weighted by atomic mass is 10.1. The van der Waals surface area contributed by atoms with Crippen LogP contribution in [0.25, 0.3) is 0 Å². The van der Waals surface area contributed by atoms with Crippen molar-refractivity contribution < 1.29 is 14.3 Å². The van der Waals surface area contributed by atoms with Crippen LogP contribution in [0.1, 0.15) is 27.7 Å². The second-order valence-electron chi connectivity index (χ2n) is 5.54. The molecular weight excluding hydrogens is 220 g/mol. The Hall–Kier alpha value is -0.810. The Morgan fingerprint density at radius 2 is 2.12 bits per heavy atom. The number of amides is 1. The first-order valence-corrected chi connectivity index (χ1v) is 6.05. The summed E-state index contributed by atoms with van der Waals surface area (Å²) in [4.78, 5) is 13.8. The Morgan fingerprint density at radius 3 is 2.65 bits per heavy atom. The van der Waals surface area contributed by atoms with Crippen molar-refractivity contribution in [2.75, 3.05) is 26.8 Å². The summed E-state index contributed by atoms with van der Waals surface area (Å²) in [6.45, 7) is 9.66. The first-order valence-electron chi connectivity index (χ1n) is 6.05. The van der Waals surface area contributed by atoms with Gasteiger partial charge in [-0.3, -0.25) is 0 Å². The van der Waals surface area contributed by atoms with E-state index in [2.05, 4.69) is 5.32 Å². The van der Waals surface area contributed by atoms with E-state index >= 15 is 0 Å². The monoisotopic (exact) mass is 244 g/mol. The van der Waals surface area contributed by atoms with Gasteiger partial charge in [-0.1, -0.05) is 0 Å². The van der Waals surface area contributed by atoms with Gasteiger partial charge in [0.15, 0.2) is 0 Å². The van der Waals surface area contributed by atoms with Gasteiger partial charge in [-0.05, 0) is 27.7 Å². The number of carbonyl (C=O) groups excluding carboxylic acids is 1. The van der Waals surface area contributed by atoms with Crippen LogP contribution in [0.5, 0.6) is 0 Å². The van der Waals surface area contributed by atoms with Gasteiger partial charge in [-0.25, -0.2) is 4.79 Å². The molecule has 1 aliphatic rings. The maximum Gasteiger partial charge on any atom is 0.410 e. The summed E-state index contributed by atoms with van der Waals surface area (Å²) in [5.41, 5.74) is -0.446. The quantitative estimate of drug-likeness (QED) is 0.794. The zero-order chi connectivity index (χ0) is 13.1. The number of carbonyl (C=O) groups is 1. The molecule has 0 unspecified atom stereocenters. The number of nitrogens with one attached hydrogen (secondary N) is 1. The van der Waals surface area contributed by atoms with Gasteiger partial charge in [0.2, 0.25) is 0 Å². The molecule has 1 N–H and O–H groups in total. The highest BCUT2D eigenvalue weighted by atomic mass is 16.6. The van der Waals surface area contributed by atoms with E-state index in [1.165, 1.54) is 0 Å². The Kier molecular flexibility index (Phi) is 4.77. The predicted molar refractivity (Wildman–Crippen MR) is 66.1 cm³/mol.